The first-order chi connectivity index (χ1) is 17.5. The molecule has 36 heavy (non-hydrogen) atoms. The van der Waals surface area contributed by atoms with E-state index < -0.39 is 22.6 Å². The number of hydroxylamine groups is 4. The second-order valence-electron chi connectivity index (χ2n) is 10.9. The molecule has 1 saturated heterocycles. The van der Waals surface area contributed by atoms with Gasteiger partial charge in [0.05, 0.1) is 19.3 Å². The third kappa shape index (κ3) is 15.8. The fourth-order valence-corrected chi connectivity index (χ4v) is 5.01. The van der Waals surface area contributed by atoms with Crippen molar-refractivity contribution in [3.8, 4) is 0 Å². The molecule has 1 heterocycles. The van der Waals surface area contributed by atoms with Gasteiger partial charge in [-0.1, -0.05) is 148 Å². The van der Waals surface area contributed by atoms with Crippen molar-refractivity contribution in [3.63, 3.8) is 0 Å². The van der Waals surface area contributed by atoms with Gasteiger partial charge in [-0.25, -0.2) is 19.2 Å². The Bertz CT molecular complexity index is 576. The minimum Gasteiger partial charge on any atom is -0.245 e. The van der Waals surface area contributed by atoms with Crippen LogP contribution in [0.15, 0.2) is 0 Å². The van der Waals surface area contributed by atoms with Crippen LogP contribution in [-0.4, -0.2) is 27.8 Å². The molecule has 0 aliphatic carbocycles. The molecular weight excluding hydrogens is 454 g/mol. The van der Waals surface area contributed by atoms with Gasteiger partial charge >= 0.3 is 17.8 Å². The number of quaternary nitrogens is 1. The lowest BCUT2D eigenvalue weighted by Crippen LogP contribution is -2.50. The number of carbonyl (C=O) groups excluding carboxylic acids is 3. The van der Waals surface area contributed by atoms with E-state index in [1.165, 1.54) is 128 Å². The molecular formula is C30H56NO5+. The van der Waals surface area contributed by atoms with E-state index in [2.05, 4.69) is 6.92 Å². The SMILES string of the molecule is CCCCCCCCCCCCCCCCCCCCCCCCCC(=O)O[N+]1(O)C(=O)CCC1=O. The summed E-state index contributed by atoms with van der Waals surface area (Å²) in [6.07, 6.45) is 30.2. The zero-order chi connectivity index (χ0) is 26.3. The Balaban J connectivity index is 1.75. The van der Waals surface area contributed by atoms with E-state index in [9.17, 15) is 19.6 Å². The van der Waals surface area contributed by atoms with Crippen molar-refractivity contribution >= 4 is 17.8 Å². The number of imide groups is 1. The maximum Gasteiger partial charge on any atom is 0.397 e. The maximum atomic E-state index is 11.8. The fraction of sp³-hybridized carbons (Fsp3) is 0.900. The molecule has 210 valence electrons. The zero-order valence-electron chi connectivity index (χ0n) is 23.4. The van der Waals surface area contributed by atoms with Gasteiger partial charge in [0.15, 0.2) is 0 Å². The quantitative estimate of drug-likeness (QED) is 0.0574. The number of hydrogen-bond donors (Lipinski definition) is 1. The molecule has 6 heteroatoms. The summed E-state index contributed by atoms with van der Waals surface area (Å²) in [5.74, 6) is -2.22. The van der Waals surface area contributed by atoms with Crippen LogP contribution in [0.5, 0.6) is 0 Å². The second-order valence-corrected chi connectivity index (χ2v) is 10.9. The predicted octanol–water partition coefficient (Wildman–Crippen LogP) is 8.88. The van der Waals surface area contributed by atoms with Crippen molar-refractivity contribution in [2.75, 3.05) is 0 Å². The van der Waals surface area contributed by atoms with Crippen molar-refractivity contribution in [1.29, 1.82) is 0 Å². The highest BCUT2D eigenvalue weighted by molar-refractivity contribution is 5.91. The van der Waals surface area contributed by atoms with Crippen LogP contribution in [0.3, 0.4) is 0 Å². The predicted molar refractivity (Wildman–Crippen MR) is 144 cm³/mol. The van der Waals surface area contributed by atoms with Gasteiger partial charge in [0.2, 0.25) is 0 Å². The van der Waals surface area contributed by atoms with E-state index in [4.69, 9.17) is 4.84 Å². The number of unbranched alkanes of at least 4 members (excludes halogenated alkanes) is 22. The zero-order valence-corrected chi connectivity index (χ0v) is 23.4. The Morgan fingerprint density at radius 2 is 0.861 bits per heavy atom. The summed E-state index contributed by atoms with van der Waals surface area (Å²) < 4.78 is 0. The van der Waals surface area contributed by atoms with Crippen LogP contribution in [0, 0.1) is 0 Å². The second kappa shape index (κ2) is 21.8. The smallest absolute Gasteiger partial charge is 0.245 e. The number of carbonyl (C=O) groups is 3. The minimum atomic E-state index is -1.79. The number of amides is 2. The average molecular weight is 511 g/mol. The molecule has 0 unspecified atom stereocenters. The van der Waals surface area contributed by atoms with Crippen molar-refractivity contribution < 1.29 is 29.2 Å². The molecule has 2 amide bonds. The van der Waals surface area contributed by atoms with Crippen molar-refractivity contribution in [3.05, 3.63) is 0 Å². The molecule has 1 aliphatic heterocycles. The Hall–Kier alpha value is -1.27. The van der Waals surface area contributed by atoms with Gasteiger partial charge in [-0.3, -0.25) is 0 Å². The lowest BCUT2D eigenvalue weighted by Gasteiger charge is -2.15. The van der Waals surface area contributed by atoms with Gasteiger partial charge < -0.3 is 0 Å². The molecule has 1 aliphatic rings. The summed E-state index contributed by atoms with van der Waals surface area (Å²) in [6.45, 7) is 2.28. The van der Waals surface area contributed by atoms with Crippen LogP contribution in [0.4, 0.5) is 0 Å². The maximum absolute atomic E-state index is 11.8. The normalized spacial score (nSPS) is 15.1. The van der Waals surface area contributed by atoms with Crippen LogP contribution < -0.4 is 0 Å². The first-order valence-corrected chi connectivity index (χ1v) is 15.4. The van der Waals surface area contributed by atoms with Crippen LogP contribution in [-0.2, 0) is 19.2 Å². The number of hydrogen-bond acceptors (Lipinski definition) is 5. The lowest BCUT2D eigenvalue weighted by molar-refractivity contribution is -1.12. The van der Waals surface area contributed by atoms with Crippen molar-refractivity contribution in [1.82, 2.24) is 0 Å². The van der Waals surface area contributed by atoms with E-state index in [0.29, 0.717) is 6.42 Å². The third-order valence-corrected chi connectivity index (χ3v) is 7.45. The highest BCUT2D eigenvalue weighted by Crippen LogP contribution is 2.22. The first kappa shape index (κ1) is 32.8. The molecule has 0 radical (unpaired) electrons. The molecule has 1 fully saturated rings. The van der Waals surface area contributed by atoms with Crippen LogP contribution in [0.1, 0.15) is 174 Å². The molecule has 0 aromatic rings. The number of nitrogens with zero attached hydrogens (tertiary/aromatic N) is 1. The van der Waals surface area contributed by atoms with Gasteiger partial charge in [-0.05, 0) is 6.42 Å². The Labute approximate surface area is 221 Å². The number of rotatable bonds is 25. The highest BCUT2D eigenvalue weighted by atomic mass is 17.0. The summed E-state index contributed by atoms with van der Waals surface area (Å²) in [4.78, 5) is 37.8. The molecule has 0 bridgehead atoms. The summed E-state index contributed by atoms with van der Waals surface area (Å²) in [5, 5.41) is 9.88. The van der Waals surface area contributed by atoms with Gasteiger partial charge in [0.1, 0.15) is 4.81 Å². The molecule has 6 nitrogen and oxygen atoms in total. The van der Waals surface area contributed by atoms with Crippen molar-refractivity contribution in [2.45, 2.75) is 174 Å². The first-order valence-electron chi connectivity index (χ1n) is 15.4. The van der Waals surface area contributed by atoms with E-state index in [0.717, 1.165) is 12.8 Å². The fourth-order valence-electron chi connectivity index (χ4n) is 5.01. The Morgan fingerprint density at radius 3 is 1.17 bits per heavy atom. The standard InChI is InChI=1S/C30H56NO5/c1-2-3-4-5-6-7-8-9-10-11-12-13-14-15-16-17-18-19-20-21-22-23-24-25-30(34)36-31(35)28(32)26-27-29(31)33/h35H,2-27H2,1H3/q+1. The largest absolute Gasteiger partial charge is 0.397 e. The van der Waals surface area contributed by atoms with Crippen LogP contribution in [0.25, 0.3) is 0 Å². The molecule has 0 spiro atoms. The van der Waals surface area contributed by atoms with E-state index in [1.54, 1.807) is 0 Å². The molecule has 0 aromatic heterocycles. The average Bonchev–Trinajstić information content (AvgIpc) is 3.11. The van der Waals surface area contributed by atoms with Crippen molar-refractivity contribution in [2.24, 2.45) is 0 Å². The highest BCUT2D eigenvalue weighted by Gasteiger charge is 2.55. The Morgan fingerprint density at radius 1 is 0.583 bits per heavy atom. The van der Waals surface area contributed by atoms with E-state index in [-0.39, 0.29) is 19.3 Å². The van der Waals surface area contributed by atoms with Gasteiger partial charge in [-0.15, -0.1) is 0 Å². The molecule has 0 atom stereocenters. The van der Waals surface area contributed by atoms with Crippen LogP contribution >= 0.6 is 0 Å². The summed E-state index contributed by atoms with van der Waals surface area (Å²) >= 11 is 0. The van der Waals surface area contributed by atoms with E-state index in [1.807, 2.05) is 0 Å². The summed E-state index contributed by atoms with van der Waals surface area (Å²) in [5.41, 5.74) is 0. The van der Waals surface area contributed by atoms with Crippen LogP contribution in [0.2, 0.25) is 0 Å². The molecule has 0 saturated carbocycles. The topological polar surface area (TPSA) is 80.7 Å². The van der Waals surface area contributed by atoms with Gasteiger partial charge in [0.25, 0.3) is 0 Å². The van der Waals surface area contributed by atoms with Gasteiger partial charge in [0, 0.05) is 0 Å². The molecule has 1 rings (SSSR count). The summed E-state index contributed by atoms with van der Waals surface area (Å²) in [6, 6.07) is 0. The Kier molecular flexibility index (Phi) is 19.8. The van der Waals surface area contributed by atoms with E-state index >= 15 is 0 Å². The lowest BCUT2D eigenvalue weighted by atomic mass is 10.0. The molecule has 1 N–H and O–H groups in total. The third-order valence-electron chi connectivity index (χ3n) is 7.45. The molecule has 0 aromatic carbocycles. The monoisotopic (exact) mass is 510 g/mol. The minimum absolute atomic E-state index is 0.0813. The van der Waals surface area contributed by atoms with Gasteiger partial charge in [-0.2, -0.15) is 5.21 Å². The summed E-state index contributed by atoms with van der Waals surface area (Å²) in [7, 11) is 0.